The highest BCUT2D eigenvalue weighted by Crippen LogP contribution is 2.22. The van der Waals surface area contributed by atoms with Gasteiger partial charge in [0.25, 0.3) is 0 Å². The minimum absolute atomic E-state index is 0.113. The first-order chi connectivity index (χ1) is 15.1. The summed E-state index contributed by atoms with van der Waals surface area (Å²) in [5.41, 5.74) is 1.14. The van der Waals surface area contributed by atoms with Crippen molar-refractivity contribution in [1.82, 2.24) is 0 Å². The molecule has 0 aromatic rings. The Kier molecular flexibility index (Phi) is 17.9. The van der Waals surface area contributed by atoms with Gasteiger partial charge in [-0.25, -0.2) is 0 Å². The summed E-state index contributed by atoms with van der Waals surface area (Å²) in [5, 5.41) is 37.2. The van der Waals surface area contributed by atoms with E-state index in [2.05, 4.69) is 27.7 Å². The molecular formula is C26H50O6. The smallest absolute Gasteiger partial charge is 0.309 e. The highest BCUT2D eigenvalue weighted by atomic mass is 16.5. The molecular weight excluding hydrogens is 408 g/mol. The van der Waals surface area contributed by atoms with E-state index in [0.717, 1.165) is 36.2 Å². The summed E-state index contributed by atoms with van der Waals surface area (Å²) < 4.78 is 4.93. The quantitative estimate of drug-likeness (QED) is 0.169. The molecule has 0 aliphatic rings. The molecule has 0 amide bonds. The van der Waals surface area contributed by atoms with E-state index in [4.69, 9.17) is 9.84 Å². The molecule has 0 saturated heterocycles. The van der Waals surface area contributed by atoms with E-state index >= 15 is 0 Å². The number of allylic oxidation sites excluding steroid dienone is 1. The maximum Gasteiger partial charge on any atom is 0.309 e. The Labute approximate surface area is 196 Å². The Morgan fingerprint density at radius 2 is 1.38 bits per heavy atom. The van der Waals surface area contributed by atoms with Crippen molar-refractivity contribution in [3.05, 3.63) is 11.6 Å². The second-order valence-electron chi connectivity index (χ2n) is 10.1. The van der Waals surface area contributed by atoms with Crippen LogP contribution in [0.1, 0.15) is 98.8 Å². The number of aliphatic hydroxyl groups is 4. The van der Waals surface area contributed by atoms with Crippen molar-refractivity contribution in [2.75, 3.05) is 13.2 Å². The monoisotopic (exact) mass is 458 g/mol. The van der Waals surface area contributed by atoms with Crippen LogP contribution in [0.3, 0.4) is 0 Å². The summed E-state index contributed by atoms with van der Waals surface area (Å²) in [6.07, 6.45) is 8.70. The van der Waals surface area contributed by atoms with Gasteiger partial charge in [-0.1, -0.05) is 84.3 Å². The summed E-state index contributed by atoms with van der Waals surface area (Å²) in [5.74, 6) is 1.86. The van der Waals surface area contributed by atoms with Gasteiger partial charge in [0.05, 0.1) is 13.0 Å². The molecule has 0 saturated carbocycles. The predicted octanol–water partition coefficient (Wildman–Crippen LogP) is 4.38. The third kappa shape index (κ3) is 16.7. The molecule has 0 spiro atoms. The molecule has 5 atom stereocenters. The molecule has 0 radical (unpaired) electrons. The van der Waals surface area contributed by atoms with Gasteiger partial charge in [-0.15, -0.1) is 0 Å². The number of carbonyl (C=O) groups excluding carboxylic acids is 1. The third-order valence-electron chi connectivity index (χ3n) is 6.15. The molecule has 0 aromatic heterocycles. The molecule has 0 aliphatic heterocycles. The molecule has 0 heterocycles. The molecule has 0 rings (SSSR count). The van der Waals surface area contributed by atoms with Gasteiger partial charge in [0.15, 0.2) is 0 Å². The number of hydrogen-bond donors (Lipinski definition) is 4. The van der Waals surface area contributed by atoms with E-state index in [1.165, 1.54) is 44.9 Å². The van der Waals surface area contributed by atoms with E-state index in [1.807, 2.05) is 13.0 Å². The van der Waals surface area contributed by atoms with E-state index in [9.17, 15) is 20.1 Å². The zero-order valence-electron chi connectivity index (χ0n) is 21.1. The highest BCUT2D eigenvalue weighted by Gasteiger charge is 2.25. The molecule has 0 aromatic carbocycles. The van der Waals surface area contributed by atoms with Gasteiger partial charge in [0.2, 0.25) is 0 Å². The SMILES string of the molecule is CC(=CCC(=O)OC[C@H](O)[C@@H](O)[C@H](O)CO)CCCC(C)CCCC(C)CCCC(C)C. The molecule has 190 valence electrons. The average Bonchev–Trinajstić information content (AvgIpc) is 2.74. The van der Waals surface area contributed by atoms with Crippen molar-refractivity contribution < 1.29 is 30.0 Å². The average molecular weight is 459 g/mol. The van der Waals surface area contributed by atoms with Crippen LogP contribution in [0.2, 0.25) is 0 Å². The first-order valence-corrected chi connectivity index (χ1v) is 12.5. The molecule has 2 unspecified atom stereocenters. The summed E-state index contributed by atoms with van der Waals surface area (Å²) in [7, 11) is 0. The maximum atomic E-state index is 11.8. The van der Waals surface area contributed by atoms with E-state index in [1.54, 1.807) is 0 Å². The van der Waals surface area contributed by atoms with E-state index in [0.29, 0.717) is 0 Å². The van der Waals surface area contributed by atoms with Crippen molar-refractivity contribution in [3.63, 3.8) is 0 Å². The summed E-state index contributed by atoms with van der Waals surface area (Å²) in [6.45, 7) is 10.2. The molecule has 0 fully saturated rings. The van der Waals surface area contributed by atoms with Gasteiger partial charge in [-0.05, 0) is 37.5 Å². The van der Waals surface area contributed by atoms with Crippen LogP contribution < -0.4 is 0 Å². The van der Waals surface area contributed by atoms with E-state index in [-0.39, 0.29) is 6.42 Å². The Morgan fingerprint density at radius 3 is 1.91 bits per heavy atom. The van der Waals surface area contributed by atoms with Crippen molar-refractivity contribution >= 4 is 5.97 Å². The second kappa shape index (κ2) is 18.5. The number of rotatable bonds is 19. The Morgan fingerprint density at radius 1 is 0.844 bits per heavy atom. The molecule has 6 heteroatoms. The number of carbonyl (C=O) groups is 1. The number of aliphatic hydroxyl groups excluding tert-OH is 4. The minimum atomic E-state index is -1.56. The van der Waals surface area contributed by atoms with Crippen molar-refractivity contribution in [2.24, 2.45) is 17.8 Å². The molecule has 0 bridgehead atoms. The minimum Gasteiger partial charge on any atom is -0.463 e. The fraction of sp³-hybridized carbons (Fsp3) is 0.885. The molecule has 0 aliphatic carbocycles. The predicted molar refractivity (Wildman–Crippen MR) is 129 cm³/mol. The van der Waals surface area contributed by atoms with Crippen LogP contribution in [-0.4, -0.2) is 57.9 Å². The molecule has 4 N–H and O–H groups in total. The lowest BCUT2D eigenvalue weighted by molar-refractivity contribution is -0.151. The van der Waals surface area contributed by atoms with Crippen LogP contribution >= 0.6 is 0 Å². The summed E-state index contributed by atoms with van der Waals surface area (Å²) in [6, 6.07) is 0. The van der Waals surface area contributed by atoms with Gasteiger partial charge in [-0.2, -0.15) is 0 Å². The van der Waals surface area contributed by atoms with Gasteiger partial charge in [0.1, 0.15) is 24.9 Å². The number of hydrogen-bond acceptors (Lipinski definition) is 6. The zero-order chi connectivity index (χ0) is 24.5. The van der Waals surface area contributed by atoms with E-state index < -0.39 is 37.5 Å². The van der Waals surface area contributed by atoms with Crippen LogP contribution in [0, 0.1) is 17.8 Å². The maximum absolute atomic E-state index is 11.8. The first-order valence-electron chi connectivity index (χ1n) is 12.5. The van der Waals surface area contributed by atoms with Crippen LogP contribution in [0.4, 0.5) is 0 Å². The largest absolute Gasteiger partial charge is 0.463 e. The fourth-order valence-electron chi connectivity index (χ4n) is 3.77. The lowest BCUT2D eigenvalue weighted by Crippen LogP contribution is -2.42. The molecule has 32 heavy (non-hydrogen) atoms. The second-order valence-corrected chi connectivity index (χ2v) is 10.1. The van der Waals surface area contributed by atoms with Crippen molar-refractivity contribution in [2.45, 2.75) is 117 Å². The van der Waals surface area contributed by atoms with Crippen LogP contribution in [0.15, 0.2) is 11.6 Å². The Hall–Kier alpha value is -0.950. The summed E-state index contributed by atoms with van der Waals surface area (Å²) >= 11 is 0. The van der Waals surface area contributed by atoms with Crippen LogP contribution in [-0.2, 0) is 9.53 Å². The lowest BCUT2D eigenvalue weighted by atomic mass is 9.91. The number of ether oxygens (including phenoxy) is 1. The van der Waals surface area contributed by atoms with Crippen molar-refractivity contribution in [1.29, 1.82) is 0 Å². The van der Waals surface area contributed by atoms with Gasteiger partial charge in [0, 0.05) is 0 Å². The molecule has 6 nitrogen and oxygen atoms in total. The topological polar surface area (TPSA) is 107 Å². The number of esters is 1. The first kappa shape index (κ1) is 31.0. The zero-order valence-corrected chi connectivity index (χ0v) is 21.1. The van der Waals surface area contributed by atoms with Gasteiger partial charge in [-0.3, -0.25) is 4.79 Å². The van der Waals surface area contributed by atoms with Gasteiger partial charge < -0.3 is 25.2 Å². The van der Waals surface area contributed by atoms with Crippen LogP contribution in [0.25, 0.3) is 0 Å². The summed E-state index contributed by atoms with van der Waals surface area (Å²) in [4.78, 5) is 11.8. The van der Waals surface area contributed by atoms with Crippen molar-refractivity contribution in [3.8, 4) is 0 Å². The normalized spacial score (nSPS) is 17.1. The Bertz CT molecular complexity index is 505. The van der Waals surface area contributed by atoms with Gasteiger partial charge >= 0.3 is 5.97 Å². The standard InChI is InChI=1S/C26H50O6/c1-19(2)9-6-10-20(3)11-7-12-21(4)13-8-14-22(5)15-16-25(30)32-18-24(29)26(31)23(28)17-27/h15,19-21,23-24,26-29,31H,6-14,16-18H2,1-5H3/t20?,21?,23-,24+,26+/m1/s1. The lowest BCUT2D eigenvalue weighted by Gasteiger charge is -2.21. The third-order valence-corrected chi connectivity index (χ3v) is 6.15. The highest BCUT2D eigenvalue weighted by molar-refractivity contribution is 5.71. The van der Waals surface area contributed by atoms with Crippen LogP contribution in [0.5, 0.6) is 0 Å². The fourth-order valence-corrected chi connectivity index (χ4v) is 3.77. The Balaban J connectivity index is 3.91.